The van der Waals surface area contributed by atoms with Gasteiger partial charge in [-0.2, -0.15) is 0 Å². The number of piperidine rings is 1. The van der Waals surface area contributed by atoms with Crippen LogP contribution in [-0.2, 0) is 13.1 Å². The van der Waals surface area contributed by atoms with Crippen LogP contribution < -0.4 is 5.32 Å². The zero-order valence-corrected chi connectivity index (χ0v) is 13.4. The Hall–Kier alpha value is -0.840. The summed E-state index contributed by atoms with van der Waals surface area (Å²) in [5.41, 5.74) is 1.27. The average molecular weight is 279 g/mol. The molecule has 4 nitrogen and oxygen atoms in total. The third-order valence-corrected chi connectivity index (χ3v) is 4.27. The molecule has 0 unspecified atom stereocenters. The molecule has 1 aromatic rings. The summed E-state index contributed by atoms with van der Waals surface area (Å²) in [6.45, 7) is 9.37. The Morgan fingerprint density at radius 1 is 1.35 bits per heavy atom. The second kappa shape index (κ2) is 7.25. The van der Waals surface area contributed by atoms with Crippen molar-refractivity contribution in [2.24, 2.45) is 0 Å². The van der Waals surface area contributed by atoms with Crippen molar-refractivity contribution < 1.29 is 4.42 Å². The van der Waals surface area contributed by atoms with Crippen molar-refractivity contribution in [1.29, 1.82) is 0 Å². The molecule has 0 radical (unpaired) electrons. The van der Waals surface area contributed by atoms with Crippen molar-refractivity contribution in [3.63, 3.8) is 0 Å². The lowest BCUT2D eigenvalue weighted by atomic mass is 10.0. The molecular formula is C16H29N3O. The Balaban J connectivity index is 1.85. The van der Waals surface area contributed by atoms with Crippen LogP contribution in [0.25, 0.3) is 0 Å². The minimum absolute atomic E-state index is 0.744. The smallest absolute Gasteiger partial charge is 0.120 e. The van der Waals surface area contributed by atoms with Gasteiger partial charge < -0.3 is 14.6 Å². The topological polar surface area (TPSA) is 31.7 Å². The van der Waals surface area contributed by atoms with E-state index in [9.17, 15) is 0 Å². The standard InChI is InChI=1S/C16H29N3O/c1-5-17-11-16-13(2)10-15(20-16)12-19-8-6-14(7-9-19)18(3)4/h10,14,17H,5-9,11-12H2,1-4H3. The molecule has 0 amide bonds. The lowest BCUT2D eigenvalue weighted by Crippen LogP contribution is -2.41. The van der Waals surface area contributed by atoms with Gasteiger partial charge >= 0.3 is 0 Å². The predicted octanol–water partition coefficient (Wildman–Crippen LogP) is 2.22. The average Bonchev–Trinajstić information content (AvgIpc) is 2.77. The highest BCUT2D eigenvalue weighted by Crippen LogP contribution is 2.20. The van der Waals surface area contributed by atoms with Crippen molar-refractivity contribution in [3.05, 3.63) is 23.2 Å². The number of hydrogen-bond donors (Lipinski definition) is 1. The van der Waals surface area contributed by atoms with Crippen LogP contribution in [0.2, 0.25) is 0 Å². The maximum atomic E-state index is 5.98. The molecule has 1 N–H and O–H groups in total. The largest absolute Gasteiger partial charge is 0.463 e. The van der Waals surface area contributed by atoms with E-state index >= 15 is 0 Å². The lowest BCUT2D eigenvalue weighted by Gasteiger charge is -2.34. The first-order valence-corrected chi connectivity index (χ1v) is 7.77. The maximum Gasteiger partial charge on any atom is 0.120 e. The number of furan rings is 1. The molecule has 1 aliphatic heterocycles. The Morgan fingerprint density at radius 2 is 2.05 bits per heavy atom. The van der Waals surface area contributed by atoms with Crippen molar-refractivity contribution in [1.82, 2.24) is 15.1 Å². The summed E-state index contributed by atoms with van der Waals surface area (Å²) >= 11 is 0. The van der Waals surface area contributed by atoms with Gasteiger partial charge in [0, 0.05) is 19.1 Å². The van der Waals surface area contributed by atoms with E-state index in [1.807, 2.05) is 0 Å². The molecular weight excluding hydrogens is 250 g/mol. The van der Waals surface area contributed by atoms with E-state index in [4.69, 9.17) is 4.42 Å². The molecule has 1 fully saturated rings. The van der Waals surface area contributed by atoms with Gasteiger partial charge in [0.05, 0.1) is 13.1 Å². The molecule has 2 rings (SSSR count). The Kier molecular flexibility index (Phi) is 5.64. The van der Waals surface area contributed by atoms with Gasteiger partial charge in [0.1, 0.15) is 11.5 Å². The summed E-state index contributed by atoms with van der Waals surface area (Å²) in [4.78, 5) is 4.86. The molecule has 114 valence electrons. The first-order valence-electron chi connectivity index (χ1n) is 7.77. The SMILES string of the molecule is CCNCc1oc(CN2CCC(N(C)C)CC2)cc1C. The van der Waals surface area contributed by atoms with Crippen molar-refractivity contribution in [3.8, 4) is 0 Å². The zero-order chi connectivity index (χ0) is 14.5. The van der Waals surface area contributed by atoms with Gasteiger partial charge in [-0.25, -0.2) is 0 Å². The number of aryl methyl sites for hydroxylation is 1. The van der Waals surface area contributed by atoms with Crippen LogP contribution in [-0.4, -0.2) is 49.6 Å². The molecule has 0 aliphatic carbocycles. The molecule has 0 atom stereocenters. The van der Waals surface area contributed by atoms with E-state index in [-0.39, 0.29) is 0 Å². The summed E-state index contributed by atoms with van der Waals surface area (Å²) in [5, 5.41) is 3.33. The van der Waals surface area contributed by atoms with Crippen molar-refractivity contribution in [2.75, 3.05) is 33.7 Å². The number of hydrogen-bond acceptors (Lipinski definition) is 4. The minimum Gasteiger partial charge on any atom is -0.463 e. The molecule has 0 saturated carbocycles. The van der Waals surface area contributed by atoms with Crippen LogP contribution in [0.15, 0.2) is 10.5 Å². The van der Waals surface area contributed by atoms with Gasteiger partial charge in [0.15, 0.2) is 0 Å². The van der Waals surface area contributed by atoms with E-state index in [1.165, 1.54) is 31.5 Å². The van der Waals surface area contributed by atoms with Crippen LogP contribution in [0.1, 0.15) is 36.8 Å². The number of nitrogens with one attached hydrogen (secondary N) is 1. The van der Waals surface area contributed by atoms with E-state index in [0.717, 1.165) is 37.2 Å². The van der Waals surface area contributed by atoms with Crippen LogP contribution in [0.4, 0.5) is 0 Å². The van der Waals surface area contributed by atoms with Gasteiger partial charge in [0.2, 0.25) is 0 Å². The molecule has 0 aromatic carbocycles. The number of nitrogens with zero attached hydrogens (tertiary/aromatic N) is 2. The summed E-state index contributed by atoms with van der Waals surface area (Å²) in [7, 11) is 4.37. The molecule has 0 bridgehead atoms. The highest BCUT2D eigenvalue weighted by molar-refractivity contribution is 5.20. The van der Waals surface area contributed by atoms with Crippen LogP contribution in [0.5, 0.6) is 0 Å². The van der Waals surface area contributed by atoms with Crippen molar-refractivity contribution in [2.45, 2.75) is 45.8 Å². The Bertz CT molecular complexity index is 406. The normalized spacial score (nSPS) is 18.1. The van der Waals surface area contributed by atoms with Crippen LogP contribution in [0.3, 0.4) is 0 Å². The van der Waals surface area contributed by atoms with Gasteiger partial charge in [-0.1, -0.05) is 6.92 Å². The summed E-state index contributed by atoms with van der Waals surface area (Å²) in [6.07, 6.45) is 2.52. The summed E-state index contributed by atoms with van der Waals surface area (Å²) in [5.74, 6) is 2.20. The van der Waals surface area contributed by atoms with Crippen LogP contribution in [0, 0.1) is 6.92 Å². The Labute approximate surface area is 123 Å². The Morgan fingerprint density at radius 3 is 2.65 bits per heavy atom. The number of rotatable bonds is 6. The molecule has 1 aromatic heterocycles. The number of likely N-dealkylation sites (tertiary alicyclic amines) is 1. The quantitative estimate of drug-likeness (QED) is 0.865. The fourth-order valence-electron chi connectivity index (χ4n) is 2.90. The highest BCUT2D eigenvalue weighted by atomic mass is 16.3. The second-order valence-electron chi connectivity index (χ2n) is 6.07. The first kappa shape index (κ1) is 15.5. The monoisotopic (exact) mass is 279 g/mol. The van der Waals surface area contributed by atoms with E-state index in [0.29, 0.717) is 0 Å². The maximum absolute atomic E-state index is 5.98. The van der Waals surface area contributed by atoms with Crippen LogP contribution >= 0.6 is 0 Å². The predicted molar refractivity (Wildman–Crippen MR) is 82.8 cm³/mol. The third-order valence-electron chi connectivity index (χ3n) is 4.27. The molecule has 4 heteroatoms. The minimum atomic E-state index is 0.744. The van der Waals surface area contributed by atoms with Crippen molar-refractivity contribution >= 4 is 0 Å². The van der Waals surface area contributed by atoms with E-state index in [1.54, 1.807) is 0 Å². The zero-order valence-electron chi connectivity index (χ0n) is 13.4. The highest BCUT2D eigenvalue weighted by Gasteiger charge is 2.21. The lowest BCUT2D eigenvalue weighted by molar-refractivity contribution is 0.133. The first-order chi connectivity index (χ1) is 9.60. The molecule has 1 aliphatic rings. The van der Waals surface area contributed by atoms with Gasteiger partial charge in [-0.05, 0) is 52.0 Å². The summed E-state index contributed by atoms with van der Waals surface area (Å²) < 4.78 is 5.98. The van der Waals surface area contributed by atoms with Gasteiger partial charge in [0.25, 0.3) is 0 Å². The third kappa shape index (κ3) is 4.08. The molecule has 20 heavy (non-hydrogen) atoms. The molecule has 0 spiro atoms. The second-order valence-corrected chi connectivity index (χ2v) is 6.07. The fourth-order valence-corrected chi connectivity index (χ4v) is 2.90. The van der Waals surface area contributed by atoms with E-state index in [2.05, 4.69) is 49.1 Å². The molecule has 2 heterocycles. The van der Waals surface area contributed by atoms with E-state index < -0.39 is 0 Å². The van der Waals surface area contributed by atoms with Gasteiger partial charge in [-0.3, -0.25) is 4.90 Å². The molecule has 1 saturated heterocycles. The fraction of sp³-hybridized carbons (Fsp3) is 0.750. The van der Waals surface area contributed by atoms with Gasteiger partial charge in [-0.15, -0.1) is 0 Å². The summed E-state index contributed by atoms with van der Waals surface area (Å²) in [6, 6.07) is 2.94.